The lowest BCUT2D eigenvalue weighted by Gasteiger charge is -2.21. The molecule has 14 nitrogen and oxygen atoms in total. The molecule has 4 aromatic carbocycles. The molecule has 0 spiro atoms. The van der Waals surface area contributed by atoms with Crippen LogP contribution in [-0.4, -0.2) is 71.5 Å². The molecule has 0 saturated heterocycles. The molecule has 0 radical (unpaired) electrons. The molecule has 1 fully saturated rings. The molecule has 0 atom stereocenters. The van der Waals surface area contributed by atoms with Crippen LogP contribution >= 0.6 is 0 Å². The van der Waals surface area contributed by atoms with E-state index in [9.17, 15) is 19.2 Å². The van der Waals surface area contributed by atoms with Crippen LogP contribution in [0.5, 0.6) is 11.5 Å². The fraction of sp³-hybridized carbons (Fsp3) is 0.238. The molecule has 0 aliphatic heterocycles. The van der Waals surface area contributed by atoms with Crippen LogP contribution in [0.4, 0.5) is 11.6 Å². The Morgan fingerprint density at radius 1 is 0.571 bits per heavy atom. The van der Waals surface area contributed by atoms with Crippen molar-refractivity contribution in [2.45, 2.75) is 32.1 Å². The lowest BCUT2D eigenvalue weighted by molar-refractivity contribution is 0.0594. The molecule has 0 bridgehead atoms. The first kappa shape index (κ1) is 38.8. The molecular formula is C42H41N7O7. The van der Waals surface area contributed by atoms with Gasteiger partial charge >= 0.3 is 5.97 Å². The van der Waals surface area contributed by atoms with Crippen LogP contribution in [0.25, 0.3) is 21.5 Å². The fourth-order valence-electron chi connectivity index (χ4n) is 6.63. The molecule has 2 aromatic heterocycles. The van der Waals surface area contributed by atoms with Gasteiger partial charge in [-0.25, -0.2) is 24.7 Å². The molecule has 1 aliphatic rings. The standard InChI is InChI=1S/C24H26N4O3.C18H15N3O4/c1-31-20-12-11-19(17-9-5-6-10-18(17)20)23(29)28-22-21(25-13-14-26-22)24(30)27-15-16-7-3-2-4-8-16;1-24-14-8-7-13(11-5-3-4-6-12(11)14)17(22)21-16-15(18(23)25-2)19-9-10-20-16/h5-6,9-14,16H,2-4,7-8,15H2,1H3,(H,27,30)(H,26,28,29);3-10H,1-2H3,(H,20,21,22). The number of esters is 1. The number of carbonyl (C=O) groups is 4. The average molecular weight is 756 g/mol. The zero-order valence-electron chi connectivity index (χ0n) is 31.2. The third-order valence-corrected chi connectivity index (χ3v) is 9.43. The quantitative estimate of drug-likeness (QED) is 0.124. The highest BCUT2D eigenvalue weighted by Crippen LogP contribution is 2.30. The second-order valence-electron chi connectivity index (χ2n) is 12.8. The molecule has 7 rings (SSSR count). The molecule has 56 heavy (non-hydrogen) atoms. The molecule has 0 unspecified atom stereocenters. The van der Waals surface area contributed by atoms with Gasteiger partial charge in [0.15, 0.2) is 23.0 Å². The number of benzene rings is 4. The van der Waals surface area contributed by atoms with Gasteiger partial charge < -0.3 is 30.2 Å². The van der Waals surface area contributed by atoms with E-state index in [1.54, 1.807) is 38.5 Å². The molecule has 3 amide bonds. The van der Waals surface area contributed by atoms with Crippen LogP contribution in [0, 0.1) is 5.92 Å². The van der Waals surface area contributed by atoms with Gasteiger partial charge in [-0.2, -0.15) is 0 Å². The number of methoxy groups -OCH3 is 3. The van der Waals surface area contributed by atoms with Crippen LogP contribution in [0.2, 0.25) is 0 Å². The molecule has 6 aromatic rings. The Balaban J connectivity index is 0.000000194. The van der Waals surface area contributed by atoms with Crippen molar-refractivity contribution in [1.82, 2.24) is 25.3 Å². The number of hydrogen-bond acceptors (Lipinski definition) is 11. The summed E-state index contributed by atoms with van der Waals surface area (Å²) in [4.78, 5) is 66.6. The van der Waals surface area contributed by atoms with Crippen molar-refractivity contribution in [3.63, 3.8) is 0 Å². The number of fused-ring (bicyclic) bond motifs is 2. The van der Waals surface area contributed by atoms with Crippen LogP contribution in [0.1, 0.15) is 73.8 Å². The van der Waals surface area contributed by atoms with Crippen LogP contribution in [0.3, 0.4) is 0 Å². The zero-order chi connectivity index (χ0) is 39.4. The topological polar surface area (TPSA) is 184 Å². The van der Waals surface area contributed by atoms with Gasteiger partial charge in [0.1, 0.15) is 11.5 Å². The van der Waals surface area contributed by atoms with Crippen molar-refractivity contribution in [1.29, 1.82) is 0 Å². The number of rotatable bonds is 10. The molecule has 286 valence electrons. The number of carbonyl (C=O) groups excluding carboxylic acids is 4. The minimum Gasteiger partial charge on any atom is -0.496 e. The number of hydrogen-bond donors (Lipinski definition) is 3. The Kier molecular flexibility index (Phi) is 12.7. The Bertz CT molecular complexity index is 2380. The van der Waals surface area contributed by atoms with Crippen molar-refractivity contribution < 1.29 is 33.4 Å². The lowest BCUT2D eigenvalue weighted by Crippen LogP contribution is -2.32. The number of amides is 3. The van der Waals surface area contributed by atoms with Gasteiger partial charge in [-0.1, -0.05) is 67.8 Å². The van der Waals surface area contributed by atoms with Gasteiger partial charge in [0.2, 0.25) is 0 Å². The summed E-state index contributed by atoms with van der Waals surface area (Å²) in [5.41, 5.74) is 0.953. The van der Waals surface area contributed by atoms with Crippen molar-refractivity contribution >= 4 is 56.9 Å². The van der Waals surface area contributed by atoms with E-state index in [4.69, 9.17) is 9.47 Å². The smallest absolute Gasteiger partial charge is 0.360 e. The highest BCUT2D eigenvalue weighted by molar-refractivity contribution is 6.16. The summed E-state index contributed by atoms with van der Waals surface area (Å²) < 4.78 is 15.4. The summed E-state index contributed by atoms with van der Waals surface area (Å²) in [7, 11) is 4.41. The van der Waals surface area contributed by atoms with Gasteiger partial charge in [-0.15, -0.1) is 0 Å². The van der Waals surface area contributed by atoms with Gasteiger partial charge in [-0.3, -0.25) is 14.4 Å². The Hall–Kier alpha value is -6.96. The average Bonchev–Trinajstić information content (AvgIpc) is 3.25. The van der Waals surface area contributed by atoms with E-state index in [1.165, 1.54) is 51.2 Å². The maximum atomic E-state index is 13.1. The third-order valence-electron chi connectivity index (χ3n) is 9.43. The predicted octanol–water partition coefficient (Wildman–Crippen LogP) is 6.88. The monoisotopic (exact) mass is 755 g/mol. The first-order valence-electron chi connectivity index (χ1n) is 18.1. The summed E-state index contributed by atoms with van der Waals surface area (Å²) in [5.74, 6) is 0.268. The van der Waals surface area contributed by atoms with Gasteiger partial charge in [0, 0.05) is 53.2 Å². The number of nitrogens with one attached hydrogen (secondary N) is 3. The number of aromatic nitrogens is 4. The van der Waals surface area contributed by atoms with Crippen molar-refractivity contribution in [3.8, 4) is 11.5 Å². The summed E-state index contributed by atoms with van der Waals surface area (Å²) in [5, 5.41) is 11.5. The van der Waals surface area contributed by atoms with Crippen molar-refractivity contribution in [2.75, 3.05) is 38.5 Å². The molecule has 3 N–H and O–H groups in total. The van der Waals surface area contributed by atoms with E-state index < -0.39 is 11.9 Å². The van der Waals surface area contributed by atoms with E-state index >= 15 is 0 Å². The number of ether oxygens (including phenoxy) is 3. The van der Waals surface area contributed by atoms with Crippen LogP contribution in [-0.2, 0) is 4.74 Å². The lowest BCUT2D eigenvalue weighted by atomic mass is 9.89. The molecule has 1 saturated carbocycles. The summed E-state index contributed by atoms with van der Waals surface area (Å²) in [6.07, 6.45) is 11.6. The zero-order valence-corrected chi connectivity index (χ0v) is 31.2. The predicted molar refractivity (Wildman–Crippen MR) is 211 cm³/mol. The highest BCUT2D eigenvalue weighted by Gasteiger charge is 2.22. The summed E-state index contributed by atoms with van der Waals surface area (Å²) >= 11 is 0. The van der Waals surface area contributed by atoms with Crippen molar-refractivity contribution in [3.05, 3.63) is 120 Å². The van der Waals surface area contributed by atoms with Gasteiger partial charge in [-0.05, 0) is 53.8 Å². The Morgan fingerprint density at radius 2 is 1.04 bits per heavy atom. The number of anilines is 2. The molecule has 14 heteroatoms. The van der Waals surface area contributed by atoms with Crippen molar-refractivity contribution in [2.24, 2.45) is 5.92 Å². The minimum atomic E-state index is -0.678. The first-order valence-corrected chi connectivity index (χ1v) is 18.1. The normalized spacial score (nSPS) is 12.5. The van der Waals surface area contributed by atoms with Gasteiger partial charge in [0.25, 0.3) is 17.7 Å². The molecule has 2 heterocycles. The second-order valence-corrected chi connectivity index (χ2v) is 12.8. The largest absolute Gasteiger partial charge is 0.496 e. The maximum absolute atomic E-state index is 13.1. The molecular weight excluding hydrogens is 715 g/mol. The second kappa shape index (κ2) is 18.4. The van der Waals surface area contributed by atoms with Crippen LogP contribution < -0.4 is 25.4 Å². The minimum absolute atomic E-state index is 0.0410. The van der Waals surface area contributed by atoms with Crippen LogP contribution in [0.15, 0.2) is 97.6 Å². The van der Waals surface area contributed by atoms with E-state index in [0.717, 1.165) is 34.4 Å². The maximum Gasteiger partial charge on any atom is 0.360 e. The molecule has 1 aliphatic carbocycles. The van der Waals surface area contributed by atoms with E-state index in [0.29, 0.717) is 35.1 Å². The van der Waals surface area contributed by atoms with E-state index in [-0.39, 0.29) is 34.8 Å². The van der Waals surface area contributed by atoms with Gasteiger partial charge in [0.05, 0.1) is 21.3 Å². The van der Waals surface area contributed by atoms with E-state index in [1.807, 2.05) is 48.5 Å². The summed E-state index contributed by atoms with van der Waals surface area (Å²) in [6.45, 7) is 0.617. The fourth-order valence-corrected chi connectivity index (χ4v) is 6.63. The SMILES string of the molecule is COC(=O)c1nccnc1NC(=O)c1ccc(OC)c2ccccc12.COc1ccc(C(=O)Nc2nccnc2C(=O)NCC2CCCCC2)c2ccccc12. The summed E-state index contributed by atoms with van der Waals surface area (Å²) in [6, 6.07) is 21.7. The van der Waals surface area contributed by atoms with E-state index in [2.05, 4.69) is 40.6 Å². The first-order chi connectivity index (χ1) is 27.3. The number of nitrogens with zero attached hydrogens (tertiary/aromatic N) is 4. The Morgan fingerprint density at radius 3 is 1.54 bits per heavy atom. The highest BCUT2D eigenvalue weighted by atomic mass is 16.5. The third kappa shape index (κ3) is 8.87. The Labute approximate surface area is 323 Å².